The van der Waals surface area contributed by atoms with Crippen LogP contribution in [0.3, 0.4) is 0 Å². The van der Waals surface area contributed by atoms with Gasteiger partial charge in [0.1, 0.15) is 0 Å². The summed E-state index contributed by atoms with van der Waals surface area (Å²) in [6.45, 7) is 7.62. The summed E-state index contributed by atoms with van der Waals surface area (Å²) in [5.74, 6) is 0. The number of aryl methyl sites for hydroxylation is 1. The Balaban J connectivity index is 3.04. The lowest BCUT2D eigenvalue weighted by atomic mass is 10.00. The Morgan fingerprint density at radius 3 is 2.06 bits per heavy atom. The molecule has 0 saturated heterocycles. The molecule has 0 amide bonds. The summed E-state index contributed by atoms with van der Waals surface area (Å²) < 4.78 is 27.3. The van der Waals surface area contributed by atoms with Crippen LogP contribution in [0.4, 0.5) is 0 Å². The van der Waals surface area contributed by atoms with Crippen molar-refractivity contribution in [2.75, 3.05) is 0 Å². The van der Waals surface area contributed by atoms with Crippen molar-refractivity contribution in [3.05, 3.63) is 29.8 Å². The maximum Gasteiger partial charge on any atom is 0.281 e. The van der Waals surface area contributed by atoms with Crippen molar-refractivity contribution in [1.82, 2.24) is 0 Å². The lowest BCUT2D eigenvalue weighted by Crippen LogP contribution is -2.08. The van der Waals surface area contributed by atoms with Gasteiger partial charge in [-0.15, -0.1) is 0 Å². The second-order valence-corrected chi connectivity index (χ2v) is 6.52. The Labute approximate surface area is 97.3 Å². The van der Waals surface area contributed by atoms with Crippen molar-refractivity contribution >= 4 is 16.2 Å². The first-order valence-electron chi connectivity index (χ1n) is 5.09. The third kappa shape index (κ3) is 3.77. The molecule has 0 fully saturated rings. The third-order valence-electron chi connectivity index (χ3n) is 1.90. The minimum absolute atomic E-state index is 0.235. The fraction of sp³-hybridized carbons (Fsp3) is 0.417. The van der Waals surface area contributed by atoms with Gasteiger partial charge in [-0.25, -0.2) is 0 Å². The van der Waals surface area contributed by atoms with Gasteiger partial charge in [0.15, 0.2) is 0 Å². The van der Waals surface area contributed by atoms with Crippen molar-refractivity contribution in [1.29, 1.82) is 0 Å². The largest absolute Gasteiger partial charge is 0.281 e. The smallest absolute Gasteiger partial charge is 0.199 e. The predicted molar refractivity (Wildman–Crippen MR) is 66.3 cm³/mol. The molecule has 16 heavy (non-hydrogen) atoms. The number of nitrogens with zero attached hydrogens (tertiary/aromatic N) is 1. The van der Waals surface area contributed by atoms with Crippen LogP contribution < -0.4 is 0 Å². The lowest BCUT2D eigenvalue weighted by Gasteiger charge is -2.09. The molecule has 0 aliphatic carbocycles. The van der Waals surface area contributed by atoms with E-state index in [1.807, 2.05) is 27.7 Å². The SMILES string of the molecule is Cc1ccc(S(=O)(=O)N=CC(C)(C)C)cc1. The Hall–Kier alpha value is -1.16. The van der Waals surface area contributed by atoms with Crippen molar-refractivity contribution in [3.63, 3.8) is 0 Å². The van der Waals surface area contributed by atoms with E-state index in [2.05, 4.69) is 4.40 Å². The van der Waals surface area contributed by atoms with E-state index < -0.39 is 10.0 Å². The molecule has 0 heterocycles. The first-order valence-corrected chi connectivity index (χ1v) is 6.53. The summed E-state index contributed by atoms with van der Waals surface area (Å²) in [4.78, 5) is 0.235. The van der Waals surface area contributed by atoms with Gasteiger partial charge in [-0.1, -0.05) is 38.5 Å². The summed E-state index contributed by atoms with van der Waals surface area (Å²) >= 11 is 0. The van der Waals surface area contributed by atoms with E-state index in [9.17, 15) is 8.42 Å². The van der Waals surface area contributed by atoms with Gasteiger partial charge in [0.05, 0.1) is 4.90 Å². The number of hydrogen-bond acceptors (Lipinski definition) is 2. The van der Waals surface area contributed by atoms with E-state index in [1.165, 1.54) is 6.21 Å². The average Bonchev–Trinajstić information content (AvgIpc) is 2.15. The van der Waals surface area contributed by atoms with E-state index in [0.717, 1.165) is 5.56 Å². The Morgan fingerprint density at radius 1 is 1.12 bits per heavy atom. The molecule has 0 unspecified atom stereocenters. The Morgan fingerprint density at radius 2 is 1.62 bits per heavy atom. The van der Waals surface area contributed by atoms with Crippen LogP contribution in [0.2, 0.25) is 0 Å². The van der Waals surface area contributed by atoms with E-state index in [0.29, 0.717) is 0 Å². The van der Waals surface area contributed by atoms with Crippen molar-refractivity contribution in [2.45, 2.75) is 32.6 Å². The van der Waals surface area contributed by atoms with Crippen LogP contribution >= 0.6 is 0 Å². The van der Waals surface area contributed by atoms with Gasteiger partial charge in [0.2, 0.25) is 0 Å². The fourth-order valence-electron chi connectivity index (χ4n) is 0.999. The normalized spacial score (nSPS) is 13.2. The number of sulfonamides is 1. The van der Waals surface area contributed by atoms with E-state index in [4.69, 9.17) is 0 Å². The van der Waals surface area contributed by atoms with Gasteiger partial charge in [-0.2, -0.15) is 12.8 Å². The molecule has 1 aromatic rings. The molecule has 3 nitrogen and oxygen atoms in total. The van der Waals surface area contributed by atoms with E-state index >= 15 is 0 Å². The monoisotopic (exact) mass is 239 g/mol. The summed E-state index contributed by atoms with van der Waals surface area (Å²) in [6, 6.07) is 6.67. The topological polar surface area (TPSA) is 46.5 Å². The highest BCUT2D eigenvalue weighted by molar-refractivity contribution is 7.90. The molecule has 0 radical (unpaired) electrons. The molecule has 88 valence electrons. The predicted octanol–water partition coefficient (Wildman–Crippen LogP) is 2.80. The Bertz CT molecular complexity index is 479. The number of rotatable bonds is 2. The molecular weight excluding hydrogens is 222 g/mol. The molecule has 0 aliphatic rings. The highest BCUT2D eigenvalue weighted by Gasteiger charge is 2.13. The van der Waals surface area contributed by atoms with Crippen LogP contribution in [-0.4, -0.2) is 14.6 Å². The van der Waals surface area contributed by atoms with Gasteiger partial charge in [0, 0.05) is 6.21 Å². The highest BCUT2D eigenvalue weighted by atomic mass is 32.2. The molecular formula is C12H17NO2S. The van der Waals surface area contributed by atoms with Crippen molar-refractivity contribution in [2.24, 2.45) is 9.81 Å². The quantitative estimate of drug-likeness (QED) is 0.745. The van der Waals surface area contributed by atoms with Gasteiger partial charge < -0.3 is 0 Å². The maximum absolute atomic E-state index is 11.8. The van der Waals surface area contributed by atoms with Gasteiger partial charge >= 0.3 is 0 Å². The van der Waals surface area contributed by atoms with Gasteiger partial charge in [-0.05, 0) is 24.5 Å². The third-order valence-corrected chi connectivity index (χ3v) is 3.15. The summed E-state index contributed by atoms with van der Waals surface area (Å²) in [6.07, 6.45) is 1.46. The Kier molecular flexibility index (Phi) is 3.53. The van der Waals surface area contributed by atoms with Crippen LogP contribution in [0.15, 0.2) is 33.6 Å². The standard InChI is InChI=1S/C12H17NO2S/c1-10-5-7-11(8-6-10)16(14,15)13-9-12(2,3)4/h5-9H,1-4H3. The van der Waals surface area contributed by atoms with Crippen LogP contribution in [-0.2, 0) is 10.0 Å². The molecule has 1 aromatic carbocycles. The maximum atomic E-state index is 11.8. The first-order chi connectivity index (χ1) is 7.21. The second kappa shape index (κ2) is 4.37. The zero-order chi connectivity index (χ0) is 12.4. The molecule has 0 aromatic heterocycles. The average molecular weight is 239 g/mol. The van der Waals surface area contributed by atoms with E-state index in [-0.39, 0.29) is 10.3 Å². The van der Waals surface area contributed by atoms with Crippen LogP contribution in [0, 0.1) is 12.3 Å². The molecule has 4 heteroatoms. The van der Waals surface area contributed by atoms with Crippen molar-refractivity contribution < 1.29 is 8.42 Å². The molecule has 0 spiro atoms. The summed E-state index contributed by atoms with van der Waals surface area (Å²) in [7, 11) is -3.54. The molecule has 0 saturated carbocycles. The highest BCUT2D eigenvalue weighted by Crippen LogP contribution is 2.15. The van der Waals surface area contributed by atoms with Crippen LogP contribution in [0.5, 0.6) is 0 Å². The van der Waals surface area contributed by atoms with Gasteiger partial charge in [0.25, 0.3) is 10.0 Å². The first kappa shape index (κ1) is 12.9. The fourth-order valence-corrected chi connectivity index (χ4v) is 2.06. The minimum Gasteiger partial charge on any atom is -0.199 e. The zero-order valence-electron chi connectivity index (χ0n) is 10.1. The van der Waals surface area contributed by atoms with Crippen molar-refractivity contribution in [3.8, 4) is 0 Å². The molecule has 0 aliphatic heterocycles. The van der Waals surface area contributed by atoms with Gasteiger partial charge in [-0.3, -0.25) is 0 Å². The summed E-state index contributed by atoms with van der Waals surface area (Å²) in [5.41, 5.74) is 0.788. The lowest BCUT2D eigenvalue weighted by molar-refractivity contribution is 0.590. The van der Waals surface area contributed by atoms with Crippen LogP contribution in [0.1, 0.15) is 26.3 Å². The summed E-state index contributed by atoms with van der Waals surface area (Å²) in [5, 5.41) is 0. The molecule has 0 N–H and O–H groups in total. The molecule has 0 atom stereocenters. The molecule has 1 rings (SSSR count). The number of hydrogen-bond donors (Lipinski definition) is 0. The second-order valence-electron chi connectivity index (χ2n) is 4.89. The molecule has 0 bridgehead atoms. The van der Waals surface area contributed by atoms with E-state index in [1.54, 1.807) is 24.3 Å². The minimum atomic E-state index is -3.54. The number of benzene rings is 1. The van der Waals surface area contributed by atoms with Crippen LogP contribution in [0.25, 0.3) is 0 Å². The zero-order valence-corrected chi connectivity index (χ0v) is 10.9.